The molecule has 3 N–H and O–H groups in total. The number of nitrogens with two attached hydrogens (primary N) is 1. The molecule has 3 rings (SSSR count). The van der Waals surface area contributed by atoms with E-state index in [2.05, 4.69) is 11.4 Å². The Morgan fingerprint density at radius 3 is 2.88 bits per heavy atom. The summed E-state index contributed by atoms with van der Waals surface area (Å²) in [7, 11) is 0. The van der Waals surface area contributed by atoms with Crippen LogP contribution in [0.5, 0.6) is 0 Å². The van der Waals surface area contributed by atoms with Gasteiger partial charge in [0.2, 0.25) is 0 Å². The summed E-state index contributed by atoms with van der Waals surface area (Å²) in [5.41, 5.74) is 8.08. The van der Waals surface area contributed by atoms with Crippen molar-refractivity contribution >= 4 is 11.0 Å². The van der Waals surface area contributed by atoms with E-state index in [9.17, 15) is 0 Å². The van der Waals surface area contributed by atoms with Gasteiger partial charge in [-0.25, -0.2) is 0 Å². The predicted molar refractivity (Wildman–Crippen MR) is 68.9 cm³/mol. The lowest BCUT2D eigenvalue weighted by molar-refractivity contribution is 0.513. The molecule has 2 aromatic rings. The van der Waals surface area contributed by atoms with Crippen LogP contribution in [0.1, 0.15) is 30.2 Å². The summed E-state index contributed by atoms with van der Waals surface area (Å²) in [6, 6.07) is 9.03. The van der Waals surface area contributed by atoms with Crippen molar-refractivity contribution < 1.29 is 4.42 Å². The van der Waals surface area contributed by atoms with Crippen molar-refractivity contribution in [2.75, 3.05) is 6.54 Å². The summed E-state index contributed by atoms with van der Waals surface area (Å²) in [5.74, 6) is 0.981. The van der Waals surface area contributed by atoms with Gasteiger partial charge in [-0.1, -0.05) is 18.2 Å². The van der Waals surface area contributed by atoms with E-state index in [4.69, 9.17) is 10.2 Å². The molecule has 90 valence electrons. The normalized spacial score (nSPS) is 17.5. The molecule has 1 fully saturated rings. The van der Waals surface area contributed by atoms with Crippen molar-refractivity contribution in [3.63, 3.8) is 0 Å². The topological polar surface area (TPSA) is 51.2 Å². The largest absolute Gasteiger partial charge is 0.461 e. The second kappa shape index (κ2) is 4.17. The maximum Gasteiger partial charge on any atom is 0.134 e. The van der Waals surface area contributed by atoms with Crippen molar-refractivity contribution in [1.29, 1.82) is 0 Å². The van der Waals surface area contributed by atoms with Gasteiger partial charge in [0.15, 0.2) is 0 Å². The van der Waals surface area contributed by atoms with Crippen molar-refractivity contribution in [1.82, 2.24) is 5.32 Å². The summed E-state index contributed by atoms with van der Waals surface area (Å²) in [6.45, 7) is 2.63. The highest BCUT2D eigenvalue weighted by Gasteiger charge is 2.27. The van der Waals surface area contributed by atoms with E-state index in [1.54, 1.807) is 0 Å². The molecule has 1 heterocycles. The number of nitrogens with one attached hydrogen (secondary N) is 1. The summed E-state index contributed by atoms with van der Waals surface area (Å²) in [5, 5.41) is 4.78. The van der Waals surface area contributed by atoms with Crippen LogP contribution in [0.3, 0.4) is 0 Å². The van der Waals surface area contributed by atoms with Gasteiger partial charge in [0.1, 0.15) is 11.3 Å². The summed E-state index contributed by atoms with van der Waals surface area (Å²) >= 11 is 0. The fourth-order valence-electron chi connectivity index (χ4n) is 2.42. The lowest BCUT2D eigenvalue weighted by atomic mass is 10.0. The Hall–Kier alpha value is -1.32. The molecule has 1 unspecified atom stereocenters. The Kier molecular flexibility index (Phi) is 2.65. The second-order valence-electron chi connectivity index (χ2n) is 4.80. The molecule has 0 aliphatic heterocycles. The molecule has 1 aliphatic rings. The van der Waals surface area contributed by atoms with Crippen molar-refractivity contribution in [2.24, 2.45) is 5.73 Å². The van der Waals surface area contributed by atoms with E-state index in [-0.39, 0.29) is 6.04 Å². The Balaban J connectivity index is 2.03. The molecule has 0 amide bonds. The number of para-hydroxylation sites is 1. The highest BCUT2D eigenvalue weighted by molar-refractivity contribution is 5.82. The molecule has 0 spiro atoms. The first kappa shape index (κ1) is 10.8. The van der Waals surface area contributed by atoms with Gasteiger partial charge < -0.3 is 15.5 Å². The van der Waals surface area contributed by atoms with Crippen LogP contribution in [0.4, 0.5) is 0 Å². The Labute approximate surface area is 101 Å². The van der Waals surface area contributed by atoms with E-state index in [0.29, 0.717) is 12.6 Å². The van der Waals surface area contributed by atoms with Crippen LogP contribution in [-0.4, -0.2) is 12.6 Å². The van der Waals surface area contributed by atoms with Crippen LogP contribution in [0.2, 0.25) is 0 Å². The van der Waals surface area contributed by atoms with Crippen LogP contribution in [0, 0.1) is 6.92 Å². The molecule has 1 aliphatic carbocycles. The smallest absolute Gasteiger partial charge is 0.134 e. The van der Waals surface area contributed by atoms with Crippen LogP contribution in [-0.2, 0) is 0 Å². The van der Waals surface area contributed by atoms with Gasteiger partial charge in [-0.15, -0.1) is 0 Å². The lowest BCUT2D eigenvalue weighted by Gasteiger charge is -2.16. The minimum absolute atomic E-state index is 0.214. The van der Waals surface area contributed by atoms with Crippen LogP contribution < -0.4 is 11.1 Å². The molecular weight excluding hydrogens is 212 g/mol. The van der Waals surface area contributed by atoms with E-state index >= 15 is 0 Å². The third kappa shape index (κ3) is 1.96. The average Bonchev–Trinajstić information content (AvgIpc) is 3.08. The van der Waals surface area contributed by atoms with Crippen molar-refractivity contribution in [3.8, 4) is 0 Å². The third-order valence-corrected chi connectivity index (χ3v) is 3.42. The van der Waals surface area contributed by atoms with Gasteiger partial charge in [0.25, 0.3) is 0 Å². The molecule has 0 bridgehead atoms. The van der Waals surface area contributed by atoms with Gasteiger partial charge in [-0.05, 0) is 25.8 Å². The number of furan rings is 1. The number of benzene rings is 1. The third-order valence-electron chi connectivity index (χ3n) is 3.42. The molecule has 0 saturated heterocycles. The molecule has 3 heteroatoms. The molecule has 3 nitrogen and oxygen atoms in total. The number of rotatable bonds is 4. The molecular formula is C14H18N2O. The predicted octanol–water partition coefficient (Wildman–Crippen LogP) is 2.49. The Morgan fingerprint density at radius 2 is 2.18 bits per heavy atom. The maximum absolute atomic E-state index is 5.90. The molecule has 1 atom stereocenters. The minimum atomic E-state index is 0.214. The highest BCUT2D eigenvalue weighted by atomic mass is 16.3. The molecule has 0 radical (unpaired) electrons. The standard InChI is InChI=1S/C14H18N2O/c1-9-14(12(8-15)16-10-6-7-10)11-4-2-3-5-13(11)17-9/h2-5,10,12,16H,6-8,15H2,1H3. The van der Waals surface area contributed by atoms with Gasteiger partial charge in [0.05, 0.1) is 0 Å². The van der Waals surface area contributed by atoms with Gasteiger partial charge in [-0.2, -0.15) is 0 Å². The number of hydrogen-bond donors (Lipinski definition) is 2. The van der Waals surface area contributed by atoms with E-state index in [1.807, 2.05) is 25.1 Å². The summed E-state index contributed by atoms with van der Waals surface area (Å²) < 4.78 is 5.79. The monoisotopic (exact) mass is 230 g/mol. The van der Waals surface area contributed by atoms with E-state index in [0.717, 1.165) is 11.3 Å². The zero-order chi connectivity index (χ0) is 11.8. The summed E-state index contributed by atoms with van der Waals surface area (Å²) in [6.07, 6.45) is 2.54. The number of aryl methyl sites for hydroxylation is 1. The van der Waals surface area contributed by atoms with Crippen molar-refractivity contribution in [2.45, 2.75) is 31.8 Å². The SMILES string of the molecule is Cc1oc2ccccc2c1C(CN)NC1CC1. The molecule has 17 heavy (non-hydrogen) atoms. The number of fused-ring (bicyclic) bond motifs is 1. The van der Waals surface area contributed by atoms with Crippen LogP contribution >= 0.6 is 0 Å². The molecule has 1 saturated carbocycles. The zero-order valence-electron chi connectivity index (χ0n) is 10.1. The first-order valence-electron chi connectivity index (χ1n) is 6.23. The first-order chi connectivity index (χ1) is 8.29. The summed E-state index contributed by atoms with van der Waals surface area (Å²) in [4.78, 5) is 0. The first-order valence-corrected chi connectivity index (χ1v) is 6.23. The van der Waals surface area contributed by atoms with Gasteiger partial charge in [-0.3, -0.25) is 0 Å². The van der Waals surface area contributed by atoms with Gasteiger partial charge in [0, 0.05) is 29.6 Å². The van der Waals surface area contributed by atoms with Crippen LogP contribution in [0.25, 0.3) is 11.0 Å². The Bertz CT molecular complexity index is 528. The number of hydrogen-bond acceptors (Lipinski definition) is 3. The van der Waals surface area contributed by atoms with E-state index in [1.165, 1.54) is 23.8 Å². The fraction of sp³-hybridized carbons (Fsp3) is 0.429. The molecule has 1 aromatic heterocycles. The Morgan fingerprint density at radius 1 is 1.41 bits per heavy atom. The quantitative estimate of drug-likeness (QED) is 0.848. The maximum atomic E-state index is 5.90. The van der Waals surface area contributed by atoms with Crippen LogP contribution in [0.15, 0.2) is 28.7 Å². The minimum Gasteiger partial charge on any atom is -0.461 e. The van der Waals surface area contributed by atoms with E-state index < -0.39 is 0 Å². The molecule has 1 aromatic carbocycles. The zero-order valence-corrected chi connectivity index (χ0v) is 10.1. The highest BCUT2D eigenvalue weighted by Crippen LogP contribution is 2.32. The second-order valence-corrected chi connectivity index (χ2v) is 4.80. The average molecular weight is 230 g/mol. The van der Waals surface area contributed by atoms with Gasteiger partial charge >= 0.3 is 0 Å². The lowest BCUT2D eigenvalue weighted by Crippen LogP contribution is -2.30. The van der Waals surface area contributed by atoms with Crippen molar-refractivity contribution in [3.05, 3.63) is 35.6 Å². The fourth-order valence-corrected chi connectivity index (χ4v) is 2.42.